The summed E-state index contributed by atoms with van der Waals surface area (Å²) < 4.78 is 5.58. The van der Waals surface area contributed by atoms with Crippen molar-refractivity contribution in [3.63, 3.8) is 0 Å². The molecule has 0 aliphatic heterocycles. The lowest BCUT2D eigenvalue weighted by Gasteiger charge is -2.29. The summed E-state index contributed by atoms with van der Waals surface area (Å²) >= 11 is 1.75. The Morgan fingerprint density at radius 2 is 1.67 bits per heavy atom. The largest absolute Gasteiger partial charge is 0.353 e. The van der Waals surface area contributed by atoms with E-state index in [2.05, 4.69) is 101 Å². The Morgan fingerprint density at radius 3 is 2.19 bits per heavy atom. The lowest BCUT2D eigenvalue weighted by Crippen LogP contribution is -2.32. The second-order valence-corrected chi connectivity index (χ2v) is 8.90. The normalized spacial score (nSPS) is 9.94. The Hall–Kier alpha value is -2.97. The van der Waals surface area contributed by atoms with Crippen molar-refractivity contribution < 1.29 is 0 Å². The lowest BCUT2D eigenvalue weighted by molar-refractivity contribution is 0.664. The van der Waals surface area contributed by atoms with E-state index in [4.69, 9.17) is 0 Å². The molecule has 0 spiro atoms. The van der Waals surface area contributed by atoms with Crippen molar-refractivity contribution in [3.05, 3.63) is 76.9 Å². The van der Waals surface area contributed by atoms with Crippen molar-refractivity contribution in [2.45, 2.75) is 67.5 Å². The number of nitrogens with zero attached hydrogens (tertiary/aromatic N) is 6. The van der Waals surface area contributed by atoms with Crippen molar-refractivity contribution in [2.24, 2.45) is 10.2 Å². The third-order valence-corrected chi connectivity index (χ3v) is 5.95. The Morgan fingerprint density at radius 1 is 1.00 bits per heavy atom. The molecule has 196 valence electrons. The van der Waals surface area contributed by atoms with Crippen molar-refractivity contribution in [1.29, 1.82) is 0 Å². The molecule has 2 aromatic heterocycles. The van der Waals surface area contributed by atoms with Gasteiger partial charge in [0.1, 0.15) is 0 Å². The van der Waals surface area contributed by atoms with Gasteiger partial charge in [0.05, 0.1) is 19.4 Å². The van der Waals surface area contributed by atoms with Gasteiger partial charge in [0.15, 0.2) is 0 Å². The molecule has 1 aromatic carbocycles. The molecule has 7 nitrogen and oxygen atoms in total. The van der Waals surface area contributed by atoms with Crippen molar-refractivity contribution in [1.82, 2.24) is 19.5 Å². The zero-order valence-electron chi connectivity index (χ0n) is 22.9. The van der Waals surface area contributed by atoms with Crippen molar-refractivity contribution in [3.8, 4) is 0 Å². The molecule has 0 saturated heterocycles. The van der Waals surface area contributed by atoms with E-state index >= 15 is 0 Å². The standard InChI is InChI=1S/C24H33N5S.C2H4N2.C2H6/c1-5-22-8-7-9-23(6-2)24(22)28(17-21-12-19(3)13-25-15-21)18-27-30-11-10-29-16-20(4)14-26-29;1-3-4-2;1-2/h7-9,12-16,27H,5-6,10-11,17-18H2,1-4H3;1-2H2;1-2H3. The summed E-state index contributed by atoms with van der Waals surface area (Å²) in [4.78, 5) is 6.86. The van der Waals surface area contributed by atoms with Crippen LogP contribution in [0, 0.1) is 13.8 Å². The molecule has 8 heteroatoms. The summed E-state index contributed by atoms with van der Waals surface area (Å²) in [5.74, 6) is 0.969. The number of hydrogen-bond donors (Lipinski definition) is 1. The number of anilines is 1. The van der Waals surface area contributed by atoms with Crippen LogP contribution in [0.15, 0.2) is 59.3 Å². The van der Waals surface area contributed by atoms with Crippen LogP contribution in [0.1, 0.15) is 55.5 Å². The van der Waals surface area contributed by atoms with E-state index in [9.17, 15) is 0 Å². The van der Waals surface area contributed by atoms with Gasteiger partial charge in [0.25, 0.3) is 0 Å². The second kappa shape index (κ2) is 18.3. The third kappa shape index (κ3) is 10.7. The molecule has 3 aromatic rings. The maximum Gasteiger partial charge on any atom is 0.0778 e. The van der Waals surface area contributed by atoms with E-state index in [1.54, 1.807) is 11.9 Å². The first-order chi connectivity index (χ1) is 17.5. The molecule has 2 heterocycles. The summed E-state index contributed by atoms with van der Waals surface area (Å²) in [6, 6.07) is 8.92. The van der Waals surface area contributed by atoms with Crippen LogP contribution in [0.4, 0.5) is 5.69 Å². The van der Waals surface area contributed by atoms with Crippen LogP contribution in [0.2, 0.25) is 0 Å². The van der Waals surface area contributed by atoms with Gasteiger partial charge in [-0.15, -0.1) is 0 Å². The topological polar surface area (TPSA) is 70.7 Å². The van der Waals surface area contributed by atoms with Gasteiger partial charge >= 0.3 is 0 Å². The molecule has 0 fully saturated rings. The summed E-state index contributed by atoms with van der Waals surface area (Å²) in [5.41, 5.74) is 7.79. The molecular weight excluding hydrogens is 466 g/mol. The number of nitrogens with one attached hydrogen (secondary N) is 1. The maximum atomic E-state index is 4.40. The minimum absolute atomic E-state index is 0.779. The lowest BCUT2D eigenvalue weighted by atomic mass is 10.0. The average molecular weight is 510 g/mol. The minimum atomic E-state index is 0.779. The molecular formula is C28H43N7S. The highest BCUT2D eigenvalue weighted by Gasteiger charge is 2.15. The summed E-state index contributed by atoms with van der Waals surface area (Å²) in [6.45, 7) is 21.2. The van der Waals surface area contributed by atoms with Crippen LogP contribution in [0.5, 0.6) is 0 Å². The Labute approximate surface area is 222 Å². The van der Waals surface area contributed by atoms with Gasteiger partial charge in [-0.05, 0) is 54.5 Å². The van der Waals surface area contributed by atoms with E-state index in [0.717, 1.165) is 38.4 Å². The first-order valence-electron chi connectivity index (χ1n) is 12.5. The number of benzene rings is 1. The number of pyridine rings is 1. The Bertz CT molecular complexity index is 1000. The van der Waals surface area contributed by atoms with Crippen LogP contribution in [0.25, 0.3) is 0 Å². The fourth-order valence-corrected chi connectivity index (χ4v) is 4.35. The van der Waals surface area contributed by atoms with E-state index in [1.165, 1.54) is 33.5 Å². The Kier molecular flexibility index (Phi) is 15.8. The fourth-order valence-electron chi connectivity index (χ4n) is 3.68. The fraction of sp³-hybridized carbons (Fsp3) is 0.429. The molecule has 0 saturated carbocycles. The van der Waals surface area contributed by atoms with Crippen molar-refractivity contribution in [2.75, 3.05) is 17.3 Å². The number of hydrogen-bond acceptors (Lipinski definition) is 7. The zero-order chi connectivity index (χ0) is 26.8. The molecule has 1 N–H and O–H groups in total. The van der Waals surface area contributed by atoms with Gasteiger partial charge in [0.2, 0.25) is 0 Å². The molecule has 0 radical (unpaired) electrons. The first-order valence-corrected chi connectivity index (χ1v) is 13.5. The summed E-state index contributed by atoms with van der Waals surface area (Å²) in [6.07, 6.45) is 9.94. The van der Waals surface area contributed by atoms with E-state index < -0.39 is 0 Å². The van der Waals surface area contributed by atoms with Crippen LogP contribution < -0.4 is 9.62 Å². The smallest absolute Gasteiger partial charge is 0.0778 e. The molecule has 3 rings (SSSR count). The van der Waals surface area contributed by atoms with E-state index in [1.807, 2.05) is 37.1 Å². The van der Waals surface area contributed by atoms with Crippen molar-refractivity contribution >= 4 is 31.1 Å². The SMILES string of the molecule is C=NN=C.CC.CCc1cccc(CC)c1N(CNSCCn1cc(C)cn1)Cc1cncc(C)c1. The van der Waals surface area contributed by atoms with Crippen LogP contribution >= 0.6 is 11.9 Å². The van der Waals surface area contributed by atoms with Gasteiger partial charge in [0, 0.05) is 50.0 Å². The highest BCUT2D eigenvalue weighted by Crippen LogP contribution is 2.28. The quantitative estimate of drug-likeness (QED) is 0.103. The summed E-state index contributed by atoms with van der Waals surface area (Å²) in [7, 11) is 0. The van der Waals surface area contributed by atoms with Crippen LogP contribution in [-0.2, 0) is 25.9 Å². The zero-order valence-corrected chi connectivity index (χ0v) is 23.7. The Balaban J connectivity index is 0.000000982. The first kappa shape index (κ1) is 31.1. The number of rotatable bonds is 12. The maximum absolute atomic E-state index is 4.40. The average Bonchev–Trinajstić information content (AvgIpc) is 3.33. The third-order valence-electron chi connectivity index (χ3n) is 5.23. The number of aromatic nitrogens is 3. The van der Waals surface area contributed by atoms with E-state index in [0.29, 0.717) is 0 Å². The predicted octanol–water partition coefficient (Wildman–Crippen LogP) is 6.25. The molecule has 36 heavy (non-hydrogen) atoms. The van der Waals surface area contributed by atoms with Gasteiger partial charge in [-0.2, -0.15) is 15.3 Å². The van der Waals surface area contributed by atoms with Crippen LogP contribution in [0.3, 0.4) is 0 Å². The highest BCUT2D eigenvalue weighted by molar-refractivity contribution is 7.97. The van der Waals surface area contributed by atoms with E-state index in [-0.39, 0.29) is 0 Å². The summed E-state index contributed by atoms with van der Waals surface area (Å²) in [5, 5.41) is 10.4. The molecule has 0 bridgehead atoms. The van der Waals surface area contributed by atoms with Gasteiger partial charge < -0.3 is 4.90 Å². The van der Waals surface area contributed by atoms with Crippen LogP contribution in [-0.4, -0.2) is 40.6 Å². The van der Waals surface area contributed by atoms with Gasteiger partial charge in [-0.1, -0.05) is 63.9 Å². The molecule has 0 aliphatic rings. The minimum Gasteiger partial charge on any atom is -0.353 e. The van der Waals surface area contributed by atoms with Gasteiger partial charge in [-0.25, -0.2) is 4.72 Å². The second-order valence-electron chi connectivity index (χ2n) is 7.91. The molecule has 0 atom stereocenters. The molecule has 0 amide bonds. The highest BCUT2D eigenvalue weighted by atomic mass is 32.2. The number of aryl methyl sites for hydroxylation is 5. The molecule has 0 unspecified atom stereocenters. The monoisotopic (exact) mass is 509 g/mol. The molecule has 0 aliphatic carbocycles. The number of para-hydroxylation sites is 1. The van der Waals surface area contributed by atoms with Gasteiger partial charge in [-0.3, -0.25) is 9.67 Å². The predicted molar refractivity (Wildman–Crippen MR) is 158 cm³/mol.